The summed E-state index contributed by atoms with van der Waals surface area (Å²) in [6.45, 7) is 13.9. The Morgan fingerprint density at radius 1 is 0.214 bits per heavy atom. The number of aromatic amines is 2. The van der Waals surface area contributed by atoms with Gasteiger partial charge in [0.05, 0.1) is 27.7 Å². The fourth-order valence-electron chi connectivity index (χ4n) is 19.8. The van der Waals surface area contributed by atoms with Crippen molar-refractivity contribution in [1.29, 1.82) is 0 Å². The molecule has 3 aromatic carbocycles. The normalized spacial score (nSPS) is 12.0. The zero-order valence-corrected chi connectivity index (χ0v) is 91.0. The van der Waals surface area contributed by atoms with Crippen molar-refractivity contribution >= 4 is 189 Å². The van der Waals surface area contributed by atoms with E-state index in [0.717, 1.165) is 140 Å². The first kappa shape index (κ1) is 97.8. The van der Waals surface area contributed by atoms with Crippen molar-refractivity contribution in [3.63, 3.8) is 0 Å². The minimum atomic E-state index is 0.834. The van der Waals surface area contributed by atoms with Crippen molar-refractivity contribution in [3.8, 4) is 151 Å². The third-order valence-corrected chi connectivity index (χ3v) is 42.7. The van der Waals surface area contributed by atoms with Crippen molar-refractivity contribution in [2.75, 3.05) is 0 Å². The predicted octanol–water partition coefficient (Wildman–Crippen LogP) is 42.9. The van der Waals surface area contributed by atoms with Crippen LogP contribution >= 0.6 is 136 Å². The maximum Gasteiger partial charge on any atom is 0.160 e. The summed E-state index contributed by atoms with van der Waals surface area (Å²) in [5, 5.41) is 0. The number of hydrogen-bond donors (Lipinski definition) is 2. The molecule has 0 radical (unpaired) electrons. The summed E-state index contributed by atoms with van der Waals surface area (Å²) in [6, 6.07) is 85.1. The van der Waals surface area contributed by atoms with Gasteiger partial charge in [-0.1, -0.05) is 248 Å². The summed E-state index contributed by atoms with van der Waals surface area (Å²) < 4.78 is 0. The Hall–Kier alpha value is -9.67. The van der Waals surface area contributed by atoms with Gasteiger partial charge in [-0.2, -0.15) is 0 Å². The molecule has 712 valence electrons. The third-order valence-electron chi connectivity index (χ3n) is 27.2. The highest BCUT2D eigenvalue weighted by atomic mass is 32.1. The van der Waals surface area contributed by atoms with E-state index in [1.165, 1.54) is 293 Å². The molecular weight excluding hydrogens is 1930 g/mol. The van der Waals surface area contributed by atoms with E-state index in [1.807, 2.05) is 125 Å². The molecule has 0 saturated heterocycles. The Bertz CT molecular complexity index is 7470. The largest absolute Gasteiger partial charge is 0.354 e. The Morgan fingerprint density at radius 2 is 0.436 bits per heavy atom. The molecule has 8 bridgehead atoms. The lowest BCUT2D eigenvalue weighted by Crippen LogP contribution is -1.89. The van der Waals surface area contributed by atoms with Crippen LogP contribution in [0.3, 0.4) is 0 Å². The Morgan fingerprint density at radius 3 is 0.693 bits per heavy atom. The molecule has 140 heavy (non-hydrogen) atoms. The smallest absolute Gasteiger partial charge is 0.160 e. The van der Waals surface area contributed by atoms with Crippen molar-refractivity contribution in [1.82, 2.24) is 19.9 Å². The Balaban J connectivity index is 0.606. The van der Waals surface area contributed by atoms with Gasteiger partial charge in [0.15, 0.2) is 6.29 Å². The zero-order valence-electron chi connectivity index (χ0n) is 81.2. The summed E-state index contributed by atoms with van der Waals surface area (Å²) in [7, 11) is 0. The molecule has 0 spiro atoms. The first-order valence-corrected chi connectivity index (χ1v) is 61.0. The summed E-state index contributed by atoms with van der Waals surface area (Å²) in [6.07, 6.45) is 45.8. The van der Waals surface area contributed by atoms with E-state index in [-0.39, 0.29) is 0 Å². The van der Waals surface area contributed by atoms with Crippen LogP contribution in [0, 0.1) is 0 Å². The van der Waals surface area contributed by atoms with Gasteiger partial charge in [0, 0.05) is 156 Å². The number of rotatable bonds is 46. The average Bonchev–Trinajstić information content (AvgIpc) is 1.61. The molecule has 2 aliphatic rings. The quantitative estimate of drug-likeness (QED) is 0.0295. The van der Waals surface area contributed by atoms with Crippen LogP contribution in [0.5, 0.6) is 0 Å². The number of hydrogen-bond acceptors (Lipinski definition) is 15. The number of carbonyl (C=O) groups is 1. The molecule has 0 fully saturated rings. The lowest BCUT2D eigenvalue weighted by atomic mass is 10.0. The van der Waals surface area contributed by atoms with E-state index in [9.17, 15) is 4.79 Å². The van der Waals surface area contributed by atoms with Gasteiger partial charge in [-0.15, -0.1) is 136 Å². The standard InChI is InChI=1S/C123H122N4OS12/c1-7-13-19-28-46-82-72-88(78-128)129-118(82)103-66-60-97(130-103)98-61-67-104(131-98)119-83(47-29-20-14-8-2)73-109(136-119)110-74-84(48-30-21-15-9-3)120(137-110)105-68-62-99(132-105)100-63-69-106(133-100)121-85(49-31-22-16-10-4)75-111(138-121)112-76-86(50-32-23-17-11-5)122(139-112)107-70-64-101(134-107)102-65-71-108(135-102)123-87(51-33-24-18-12-6)77-113(140-123)117-95-58-56-93(126-95)115(80-42-36-26-37-43-80)91-54-52-89(124-91)114(79-40-34-25-35-41-79)90-53-55-92(125-90)116(81-44-38-27-39-45-81)94-57-59-96(117)127-94/h25-27,34-45,52-78,124,127H,7-24,28-33,46-51H2,1-6H3. The lowest BCUT2D eigenvalue weighted by molar-refractivity contribution is 0.112. The number of carbonyl (C=O) groups excluding carboxylic acids is 1. The summed E-state index contributed by atoms with van der Waals surface area (Å²) in [5.74, 6) is 0. The maximum absolute atomic E-state index is 12.1. The molecular formula is C123H122N4OS12. The van der Waals surface area contributed by atoms with Crippen LogP contribution in [0.2, 0.25) is 0 Å². The van der Waals surface area contributed by atoms with Crippen molar-refractivity contribution < 1.29 is 4.79 Å². The van der Waals surface area contributed by atoms with E-state index in [0.29, 0.717) is 0 Å². The molecule has 18 aromatic rings. The van der Waals surface area contributed by atoms with Crippen molar-refractivity contribution in [2.45, 2.75) is 234 Å². The van der Waals surface area contributed by atoms with Crippen LogP contribution in [0.15, 0.2) is 224 Å². The van der Waals surface area contributed by atoms with Crippen LogP contribution in [-0.2, 0) is 38.5 Å². The molecule has 2 N–H and O–H groups in total. The highest BCUT2D eigenvalue weighted by Gasteiger charge is 2.28. The molecule has 17 heteroatoms. The highest BCUT2D eigenvalue weighted by molar-refractivity contribution is 7.33. The summed E-state index contributed by atoms with van der Waals surface area (Å²) in [4.78, 5) is 63.7. The number of thiophene rings is 12. The number of fused-ring (bicyclic) bond motifs is 8. The number of H-pyrrole nitrogens is 2. The van der Waals surface area contributed by atoms with Crippen LogP contribution in [0.25, 0.3) is 197 Å². The number of aromatic nitrogens is 4. The van der Waals surface area contributed by atoms with Gasteiger partial charge in [0.25, 0.3) is 0 Å². The molecule has 5 nitrogen and oxygen atoms in total. The number of nitrogens with one attached hydrogen (secondary N) is 2. The molecule has 20 rings (SSSR count). The minimum absolute atomic E-state index is 0.834. The summed E-state index contributed by atoms with van der Waals surface area (Å²) in [5.41, 5.74) is 23.9. The fraction of sp³-hybridized carbons (Fsp3) is 0.293. The topological polar surface area (TPSA) is 74.4 Å². The molecule has 15 aromatic heterocycles. The second-order valence-corrected chi connectivity index (χ2v) is 50.2. The van der Waals surface area contributed by atoms with Crippen LogP contribution in [-0.4, -0.2) is 26.2 Å². The number of benzene rings is 3. The van der Waals surface area contributed by atoms with Gasteiger partial charge < -0.3 is 9.97 Å². The molecule has 2 aliphatic heterocycles. The number of aldehydes is 1. The van der Waals surface area contributed by atoms with Gasteiger partial charge >= 0.3 is 0 Å². The van der Waals surface area contributed by atoms with Gasteiger partial charge in [-0.25, -0.2) is 9.97 Å². The molecule has 0 aliphatic carbocycles. The van der Waals surface area contributed by atoms with Crippen molar-refractivity contribution in [3.05, 3.63) is 285 Å². The Kier molecular flexibility index (Phi) is 32.7. The molecule has 0 unspecified atom stereocenters. The summed E-state index contributed by atoms with van der Waals surface area (Å²) >= 11 is 23.5. The van der Waals surface area contributed by atoms with Gasteiger partial charge in [0.2, 0.25) is 0 Å². The predicted molar refractivity (Wildman–Crippen MR) is 627 cm³/mol. The second-order valence-electron chi connectivity index (χ2n) is 37.4. The Labute approximate surface area is 875 Å². The SMILES string of the molecule is CCCCCCc1cc(C=O)sc1-c1ccc(-c2ccc(-c3sc(-c4cc(CCCCCC)c(-c5ccc(-c6ccc(-c7sc(-c8cc(CCCCCC)c(-c9ccc(-c%10ccc(-c%11sc(-c%12c%13nc(c(-c%14ccccc%14)c%14ccc([nH]%14)c(-c%14ccccc%14)c%14nc(c(-c%15ccccc%15)c%15ccc%12[nH]%15)C=C%14)C=C%13)cc%11CCCCCC)s%10)s9)s8)cc7CCCCCC)s6)s5)s4)cc3CCCCCC)s2)s1. The monoisotopic (exact) mass is 2050 g/mol. The van der Waals surface area contributed by atoms with E-state index in [4.69, 9.17) is 9.97 Å². The van der Waals surface area contributed by atoms with E-state index < -0.39 is 0 Å². The average molecular weight is 2060 g/mol. The van der Waals surface area contributed by atoms with E-state index >= 15 is 0 Å². The molecule has 17 heterocycles. The fourth-order valence-corrected chi connectivity index (χ4v) is 34.3. The van der Waals surface area contributed by atoms with Gasteiger partial charge in [-0.3, -0.25) is 4.79 Å². The molecule has 0 amide bonds. The van der Waals surface area contributed by atoms with Crippen LogP contribution < -0.4 is 0 Å². The zero-order chi connectivity index (χ0) is 95.2. The first-order chi connectivity index (χ1) is 69.1. The van der Waals surface area contributed by atoms with Gasteiger partial charge in [-0.05, 0) is 285 Å². The van der Waals surface area contributed by atoms with Crippen LogP contribution in [0.1, 0.15) is 261 Å². The number of unbranched alkanes of at least 4 members (excludes halogenated alkanes) is 18. The molecule has 0 saturated carbocycles. The number of aryl methyl sites for hydroxylation is 6. The maximum atomic E-state index is 12.1. The lowest BCUT2D eigenvalue weighted by Gasteiger charge is -2.06. The number of nitrogens with zero attached hydrogens (tertiary/aromatic N) is 2. The molecule has 0 atom stereocenters. The van der Waals surface area contributed by atoms with Crippen molar-refractivity contribution in [2.24, 2.45) is 0 Å². The second kappa shape index (κ2) is 46.8. The van der Waals surface area contributed by atoms with E-state index in [2.05, 4.69) is 300 Å². The van der Waals surface area contributed by atoms with Gasteiger partial charge in [0.1, 0.15) is 0 Å². The van der Waals surface area contributed by atoms with Crippen LogP contribution in [0.4, 0.5) is 0 Å². The highest BCUT2D eigenvalue weighted by Crippen LogP contribution is 2.56. The third kappa shape index (κ3) is 22.2. The first-order valence-electron chi connectivity index (χ1n) is 51.2. The minimum Gasteiger partial charge on any atom is -0.354 e. The van der Waals surface area contributed by atoms with E-state index in [1.54, 1.807) is 11.3 Å².